The molecule has 1 rings (SSSR count). The molecule has 0 heterocycles. The van der Waals surface area contributed by atoms with Gasteiger partial charge in [0.1, 0.15) is 0 Å². The van der Waals surface area contributed by atoms with Crippen LogP contribution in [0.1, 0.15) is 31.9 Å². The van der Waals surface area contributed by atoms with E-state index in [2.05, 4.69) is 12.2 Å². The minimum Gasteiger partial charge on any atom is -0.384 e. The maximum Gasteiger partial charge on any atom is 0.159 e. The first-order chi connectivity index (χ1) is 8.58. The number of halogens is 2. The molecule has 1 N–H and O–H groups in total. The molecule has 1 aromatic carbocycles. The second-order valence-electron chi connectivity index (χ2n) is 4.58. The fourth-order valence-electron chi connectivity index (χ4n) is 2.07. The Bertz CT molecular complexity index is 371. The average molecular weight is 257 g/mol. The van der Waals surface area contributed by atoms with Gasteiger partial charge in [-0.1, -0.05) is 19.9 Å². The lowest BCUT2D eigenvalue weighted by Gasteiger charge is -2.22. The topological polar surface area (TPSA) is 21.3 Å². The van der Waals surface area contributed by atoms with Crippen LogP contribution in [0.2, 0.25) is 0 Å². The normalized spacial score (nSPS) is 14.5. The molecule has 0 aromatic heterocycles. The lowest BCUT2D eigenvalue weighted by Crippen LogP contribution is -2.24. The molecule has 102 valence electrons. The quantitative estimate of drug-likeness (QED) is 0.809. The van der Waals surface area contributed by atoms with Crippen molar-refractivity contribution in [3.63, 3.8) is 0 Å². The number of benzene rings is 1. The zero-order chi connectivity index (χ0) is 13.5. The van der Waals surface area contributed by atoms with Gasteiger partial charge in [0, 0.05) is 19.8 Å². The minimum absolute atomic E-state index is 0.0234. The maximum atomic E-state index is 13.2. The van der Waals surface area contributed by atoms with Gasteiger partial charge in [-0.3, -0.25) is 0 Å². The Morgan fingerprint density at radius 1 is 1.28 bits per heavy atom. The number of ether oxygens (including phenoxy) is 1. The maximum absolute atomic E-state index is 13.2. The fraction of sp³-hybridized carbons (Fsp3) is 0.571. The zero-order valence-corrected chi connectivity index (χ0v) is 11.2. The van der Waals surface area contributed by atoms with Gasteiger partial charge in [-0.05, 0) is 36.6 Å². The molecular weight excluding hydrogens is 236 g/mol. The molecule has 0 aliphatic carbocycles. The summed E-state index contributed by atoms with van der Waals surface area (Å²) >= 11 is 0. The van der Waals surface area contributed by atoms with Crippen molar-refractivity contribution in [1.82, 2.24) is 5.32 Å². The Labute approximate surface area is 107 Å². The average Bonchev–Trinajstić information content (AvgIpc) is 2.32. The third-order valence-corrected chi connectivity index (χ3v) is 2.89. The molecule has 0 saturated heterocycles. The van der Waals surface area contributed by atoms with Crippen LogP contribution in [0.25, 0.3) is 0 Å². The molecule has 2 atom stereocenters. The van der Waals surface area contributed by atoms with Crippen LogP contribution in [-0.4, -0.2) is 20.3 Å². The van der Waals surface area contributed by atoms with E-state index in [9.17, 15) is 8.78 Å². The van der Waals surface area contributed by atoms with E-state index in [-0.39, 0.29) is 6.04 Å². The van der Waals surface area contributed by atoms with E-state index in [4.69, 9.17) is 4.74 Å². The van der Waals surface area contributed by atoms with Crippen LogP contribution in [-0.2, 0) is 4.74 Å². The second kappa shape index (κ2) is 7.44. The van der Waals surface area contributed by atoms with Gasteiger partial charge >= 0.3 is 0 Å². The molecule has 4 heteroatoms. The summed E-state index contributed by atoms with van der Waals surface area (Å²) in [5.74, 6) is -1.25. The number of methoxy groups -OCH3 is 1. The Morgan fingerprint density at radius 2 is 2.00 bits per heavy atom. The van der Waals surface area contributed by atoms with Crippen molar-refractivity contribution >= 4 is 0 Å². The van der Waals surface area contributed by atoms with E-state index >= 15 is 0 Å². The molecule has 0 bridgehead atoms. The summed E-state index contributed by atoms with van der Waals surface area (Å²) in [7, 11) is 1.66. The van der Waals surface area contributed by atoms with E-state index in [0.29, 0.717) is 12.5 Å². The third-order valence-electron chi connectivity index (χ3n) is 2.89. The van der Waals surface area contributed by atoms with Crippen LogP contribution in [0.15, 0.2) is 18.2 Å². The summed E-state index contributed by atoms with van der Waals surface area (Å²) in [6.07, 6.45) is 0.826. The van der Waals surface area contributed by atoms with Crippen LogP contribution in [0.4, 0.5) is 8.78 Å². The van der Waals surface area contributed by atoms with Gasteiger partial charge in [0.25, 0.3) is 0 Å². The molecule has 0 aliphatic heterocycles. The van der Waals surface area contributed by atoms with E-state index in [0.717, 1.165) is 18.5 Å². The molecule has 0 aliphatic rings. The summed E-state index contributed by atoms with van der Waals surface area (Å²) < 4.78 is 31.3. The van der Waals surface area contributed by atoms with Gasteiger partial charge in [0.2, 0.25) is 0 Å². The van der Waals surface area contributed by atoms with E-state index in [1.54, 1.807) is 13.2 Å². The SMILES string of the molecule is CCNC(CC(C)COC)c1ccc(F)c(F)c1. The lowest BCUT2D eigenvalue weighted by atomic mass is 9.96. The highest BCUT2D eigenvalue weighted by molar-refractivity contribution is 5.21. The lowest BCUT2D eigenvalue weighted by molar-refractivity contribution is 0.149. The van der Waals surface area contributed by atoms with Gasteiger partial charge < -0.3 is 10.1 Å². The predicted octanol–water partition coefficient (Wildman–Crippen LogP) is 3.29. The van der Waals surface area contributed by atoms with Gasteiger partial charge in [0.15, 0.2) is 11.6 Å². The van der Waals surface area contributed by atoms with E-state index in [1.165, 1.54) is 12.1 Å². The van der Waals surface area contributed by atoms with Crippen molar-refractivity contribution in [1.29, 1.82) is 0 Å². The molecule has 0 amide bonds. The second-order valence-corrected chi connectivity index (χ2v) is 4.58. The largest absolute Gasteiger partial charge is 0.384 e. The van der Waals surface area contributed by atoms with Crippen molar-refractivity contribution in [2.45, 2.75) is 26.3 Å². The summed E-state index contributed by atoms with van der Waals surface area (Å²) in [4.78, 5) is 0. The Kier molecular flexibility index (Phi) is 6.22. The fourth-order valence-corrected chi connectivity index (χ4v) is 2.07. The highest BCUT2D eigenvalue weighted by atomic mass is 19.2. The highest BCUT2D eigenvalue weighted by Crippen LogP contribution is 2.23. The number of hydrogen-bond donors (Lipinski definition) is 1. The number of rotatable bonds is 7. The zero-order valence-electron chi connectivity index (χ0n) is 11.2. The smallest absolute Gasteiger partial charge is 0.159 e. The number of nitrogens with one attached hydrogen (secondary N) is 1. The van der Waals surface area contributed by atoms with Gasteiger partial charge in [-0.15, -0.1) is 0 Å². The van der Waals surface area contributed by atoms with Crippen LogP contribution < -0.4 is 5.32 Å². The monoisotopic (exact) mass is 257 g/mol. The van der Waals surface area contributed by atoms with Crippen molar-refractivity contribution in [2.75, 3.05) is 20.3 Å². The first kappa shape index (κ1) is 15.1. The van der Waals surface area contributed by atoms with E-state index < -0.39 is 11.6 Å². The van der Waals surface area contributed by atoms with Crippen LogP contribution in [0, 0.1) is 17.6 Å². The molecule has 2 nitrogen and oxygen atoms in total. The molecule has 0 saturated carbocycles. The van der Waals surface area contributed by atoms with E-state index in [1.807, 2.05) is 6.92 Å². The molecule has 1 aromatic rings. The highest BCUT2D eigenvalue weighted by Gasteiger charge is 2.16. The summed E-state index contributed by atoms with van der Waals surface area (Å²) in [6, 6.07) is 4.10. The molecule has 0 spiro atoms. The van der Waals surface area contributed by atoms with Crippen LogP contribution in [0.5, 0.6) is 0 Å². The molecule has 0 radical (unpaired) electrons. The van der Waals surface area contributed by atoms with Gasteiger partial charge in [0.05, 0.1) is 0 Å². The van der Waals surface area contributed by atoms with Gasteiger partial charge in [-0.2, -0.15) is 0 Å². The van der Waals surface area contributed by atoms with Crippen LogP contribution >= 0.6 is 0 Å². The third kappa shape index (κ3) is 4.35. The molecular formula is C14H21F2NO. The molecule has 18 heavy (non-hydrogen) atoms. The first-order valence-electron chi connectivity index (χ1n) is 6.25. The summed E-state index contributed by atoms with van der Waals surface area (Å²) in [5.41, 5.74) is 0.777. The van der Waals surface area contributed by atoms with Crippen LogP contribution in [0.3, 0.4) is 0 Å². The summed E-state index contributed by atoms with van der Waals surface area (Å²) in [5, 5.41) is 3.29. The molecule has 0 fully saturated rings. The first-order valence-corrected chi connectivity index (χ1v) is 6.25. The summed E-state index contributed by atoms with van der Waals surface area (Å²) in [6.45, 7) is 5.51. The Balaban J connectivity index is 2.79. The van der Waals surface area contributed by atoms with Crippen molar-refractivity contribution in [3.05, 3.63) is 35.4 Å². The van der Waals surface area contributed by atoms with Crippen molar-refractivity contribution in [2.24, 2.45) is 5.92 Å². The van der Waals surface area contributed by atoms with Crippen molar-refractivity contribution in [3.8, 4) is 0 Å². The van der Waals surface area contributed by atoms with Crippen molar-refractivity contribution < 1.29 is 13.5 Å². The van der Waals surface area contributed by atoms with Gasteiger partial charge in [-0.25, -0.2) is 8.78 Å². The minimum atomic E-state index is -0.807. The molecule has 2 unspecified atom stereocenters. The number of hydrogen-bond acceptors (Lipinski definition) is 2. The standard InChI is InChI=1S/C14H21F2NO/c1-4-17-14(7-10(2)9-18-3)11-5-6-12(15)13(16)8-11/h5-6,8,10,14,17H,4,7,9H2,1-3H3. The Hall–Kier alpha value is -1.00. The Morgan fingerprint density at radius 3 is 2.56 bits per heavy atom. The predicted molar refractivity (Wildman–Crippen MR) is 68.4 cm³/mol.